The third kappa shape index (κ3) is 2.51. The van der Waals surface area contributed by atoms with Gasteiger partial charge in [0.2, 0.25) is 5.95 Å². The zero-order valence-corrected chi connectivity index (χ0v) is 12.1. The van der Waals surface area contributed by atoms with Crippen molar-refractivity contribution in [1.29, 1.82) is 0 Å². The van der Waals surface area contributed by atoms with Crippen molar-refractivity contribution < 1.29 is 4.74 Å². The second kappa shape index (κ2) is 5.69. The average Bonchev–Trinajstić information content (AvgIpc) is 2.62. The molecule has 1 fully saturated rings. The summed E-state index contributed by atoms with van der Waals surface area (Å²) < 4.78 is 5.37. The number of ether oxygens (including phenoxy) is 1. The van der Waals surface area contributed by atoms with Gasteiger partial charge in [-0.2, -0.15) is 5.10 Å². The van der Waals surface area contributed by atoms with Crippen LogP contribution in [0, 0.1) is 0 Å². The van der Waals surface area contributed by atoms with Crippen molar-refractivity contribution >= 4 is 16.7 Å². The molecule has 110 valence electrons. The van der Waals surface area contributed by atoms with Crippen LogP contribution < -0.4 is 4.90 Å². The van der Waals surface area contributed by atoms with Crippen molar-refractivity contribution in [2.75, 3.05) is 31.2 Å². The van der Waals surface area contributed by atoms with Gasteiger partial charge in [-0.25, -0.2) is 4.98 Å². The Labute approximate surface area is 128 Å². The Balaban J connectivity index is 1.71. The third-order valence-electron chi connectivity index (χ3n) is 3.89. The molecule has 0 bridgehead atoms. The minimum atomic E-state index is 0.675. The number of benzene rings is 2. The monoisotopic (exact) mass is 292 g/mol. The van der Waals surface area contributed by atoms with Gasteiger partial charge in [0.25, 0.3) is 0 Å². The predicted molar refractivity (Wildman–Crippen MR) is 85.8 cm³/mol. The molecule has 0 spiro atoms. The standard InChI is InChI=1S/C17H16N4O/c1-2-4-14-11-15(6-5-13(14)3-1)16-12-18-20-17(19-16)21-7-9-22-10-8-21/h1-6,11-12H,7-10H2. The molecule has 0 atom stereocenters. The van der Waals surface area contributed by atoms with Crippen molar-refractivity contribution in [3.8, 4) is 11.3 Å². The fourth-order valence-corrected chi connectivity index (χ4v) is 2.68. The number of aromatic nitrogens is 3. The summed E-state index contributed by atoms with van der Waals surface area (Å²) in [7, 11) is 0. The van der Waals surface area contributed by atoms with Gasteiger partial charge < -0.3 is 9.64 Å². The molecule has 4 rings (SSSR count). The van der Waals surface area contributed by atoms with Gasteiger partial charge in [0.05, 0.1) is 25.1 Å². The summed E-state index contributed by atoms with van der Waals surface area (Å²) in [4.78, 5) is 6.78. The second-order valence-electron chi connectivity index (χ2n) is 5.30. The molecule has 0 aliphatic carbocycles. The van der Waals surface area contributed by atoms with Crippen LogP contribution in [0.15, 0.2) is 48.7 Å². The van der Waals surface area contributed by atoms with Crippen molar-refractivity contribution in [3.05, 3.63) is 48.7 Å². The summed E-state index contributed by atoms with van der Waals surface area (Å²) in [5.41, 5.74) is 1.91. The fraction of sp³-hybridized carbons (Fsp3) is 0.235. The van der Waals surface area contributed by atoms with Gasteiger partial charge in [-0.3, -0.25) is 0 Å². The highest BCUT2D eigenvalue weighted by atomic mass is 16.5. The molecule has 1 aliphatic rings. The number of nitrogens with zero attached hydrogens (tertiary/aromatic N) is 4. The van der Waals surface area contributed by atoms with Crippen LogP contribution in [0.2, 0.25) is 0 Å². The van der Waals surface area contributed by atoms with Crippen molar-refractivity contribution in [2.45, 2.75) is 0 Å². The highest BCUT2D eigenvalue weighted by Crippen LogP contribution is 2.23. The SMILES string of the molecule is c1ccc2cc(-c3cnnc(N4CCOCC4)n3)ccc2c1. The molecule has 5 nitrogen and oxygen atoms in total. The van der Waals surface area contributed by atoms with Crippen LogP contribution in [-0.4, -0.2) is 41.5 Å². The number of anilines is 1. The molecule has 2 heterocycles. The normalized spacial score (nSPS) is 15.2. The second-order valence-corrected chi connectivity index (χ2v) is 5.30. The van der Waals surface area contributed by atoms with Crippen LogP contribution in [0.1, 0.15) is 0 Å². The molecule has 3 aromatic rings. The van der Waals surface area contributed by atoms with Crippen molar-refractivity contribution in [1.82, 2.24) is 15.2 Å². The molecule has 0 N–H and O–H groups in total. The largest absolute Gasteiger partial charge is 0.378 e. The van der Waals surface area contributed by atoms with E-state index in [-0.39, 0.29) is 0 Å². The van der Waals surface area contributed by atoms with Gasteiger partial charge >= 0.3 is 0 Å². The Morgan fingerprint density at radius 2 is 1.77 bits per heavy atom. The van der Waals surface area contributed by atoms with Crippen LogP contribution in [0.25, 0.3) is 22.0 Å². The smallest absolute Gasteiger partial charge is 0.246 e. The first-order valence-electron chi connectivity index (χ1n) is 7.42. The first kappa shape index (κ1) is 13.2. The van der Waals surface area contributed by atoms with Gasteiger partial charge in [-0.15, -0.1) is 5.10 Å². The van der Waals surface area contributed by atoms with E-state index in [0.29, 0.717) is 19.2 Å². The Kier molecular flexibility index (Phi) is 3.40. The van der Waals surface area contributed by atoms with E-state index in [2.05, 4.69) is 50.4 Å². The maximum absolute atomic E-state index is 5.37. The zero-order valence-electron chi connectivity index (χ0n) is 12.1. The molecule has 1 aromatic heterocycles. The van der Waals surface area contributed by atoms with E-state index in [0.717, 1.165) is 24.3 Å². The highest BCUT2D eigenvalue weighted by molar-refractivity contribution is 5.86. The van der Waals surface area contributed by atoms with Crippen LogP contribution in [0.3, 0.4) is 0 Å². The molecule has 1 saturated heterocycles. The third-order valence-corrected chi connectivity index (χ3v) is 3.89. The molecule has 1 aliphatic heterocycles. The molecule has 0 radical (unpaired) electrons. The van der Waals surface area contributed by atoms with Crippen LogP contribution in [0.5, 0.6) is 0 Å². The number of hydrogen-bond donors (Lipinski definition) is 0. The predicted octanol–water partition coefficient (Wildman–Crippen LogP) is 2.53. The van der Waals surface area contributed by atoms with Gasteiger partial charge in [0, 0.05) is 18.7 Å². The highest BCUT2D eigenvalue weighted by Gasteiger charge is 2.15. The zero-order chi connectivity index (χ0) is 14.8. The first-order chi connectivity index (χ1) is 10.9. The number of hydrogen-bond acceptors (Lipinski definition) is 5. The summed E-state index contributed by atoms with van der Waals surface area (Å²) in [6, 6.07) is 14.6. The number of rotatable bonds is 2. The van der Waals surface area contributed by atoms with E-state index < -0.39 is 0 Å². The van der Waals surface area contributed by atoms with E-state index in [4.69, 9.17) is 4.74 Å². The molecule has 2 aromatic carbocycles. The summed E-state index contributed by atoms with van der Waals surface area (Å²) in [6.07, 6.45) is 1.72. The summed E-state index contributed by atoms with van der Waals surface area (Å²) in [5, 5.41) is 10.7. The van der Waals surface area contributed by atoms with E-state index in [9.17, 15) is 0 Å². The lowest BCUT2D eigenvalue weighted by Gasteiger charge is -2.26. The lowest BCUT2D eigenvalue weighted by Crippen LogP contribution is -2.37. The molecule has 0 amide bonds. The minimum Gasteiger partial charge on any atom is -0.378 e. The van der Waals surface area contributed by atoms with Gasteiger partial charge in [-0.05, 0) is 16.8 Å². The van der Waals surface area contributed by atoms with E-state index in [1.807, 2.05) is 12.1 Å². The Morgan fingerprint density at radius 1 is 0.955 bits per heavy atom. The summed E-state index contributed by atoms with van der Waals surface area (Å²) in [5.74, 6) is 0.675. The maximum atomic E-state index is 5.37. The molecule has 22 heavy (non-hydrogen) atoms. The molecule has 5 heteroatoms. The minimum absolute atomic E-state index is 0.675. The van der Waals surface area contributed by atoms with E-state index in [1.165, 1.54) is 10.8 Å². The lowest BCUT2D eigenvalue weighted by molar-refractivity contribution is 0.122. The summed E-state index contributed by atoms with van der Waals surface area (Å²) in [6.45, 7) is 3.04. The lowest BCUT2D eigenvalue weighted by atomic mass is 10.1. The summed E-state index contributed by atoms with van der Waals surface area (Å²) >= 11 is 0. The van der Waals surface area contributed by atoms with Crippen LogP contribution >= 0.6 is 0 Å². The van der Waals surface area contributed by atoms with Gasteiger partial charge in [0.15, 0.2) is 0 Å². The Morgan fingerprint density at radius 3 is 2.64 bits per heavy atom. The molecule has 0 unspecified atom stereocenters. The first-order valence-corrected chi connectivity index (χ1v) is 7.42. The van der Waals surface area contributed by atoms with Crippen molar-refractivity contribution in [3.63, 3.8) is 0 Å². The van der Waals surface area contributed by atoms with Crippen LogP contribution in [-0.2, 0) is 4.74 Å². The van der Waals surface area contributed by atoms with Crippen molar-refractivity contribution in [2.24, 2.45) is 0 Å². The molecule has 0 saturated carbocycles. The topological polar surface area (TPSA) is 51.1 Å². The fourth-order valence-electron chi connectivity index (χ4n) is 2.68. The van der Waals surface area contributed by atoms with Gasteiger partial charge in [-0.1, -0.05) is 36.4 Å². The maximum Gasteiger partial charge on any atom is 0.246 e. The Bertz CT molecular complexity index is 799. The quantitative estimate of drug-likeness (QED) is 0.726. The van der Waals surface area contributed by atoms with Crippen LogP contribution in [0.4, 0.5) is 5.95 Å². The van der Waals surface area contributed by atoms with E-state index in [1.54, 1.807) is 6.20 Å². The average molecular weight is 292 g/mol. The molecular formula is C17H16N4O. The van der Waals surface area contributed by atoms with E-state index >= 15 is 0 Å². The Hall–Kier alpha value is -2.53. The van der Waals surface area contributed by atoms with Gasteiger partial charge in [0.1, 0.15) is 0 Å². The molecular weight excluding hydrogens is 276 g/mol. The number of morpholine rings is 1. The number of fused-ring (bicyclic) bond motifs is 1.